The number of halogens is 1. The molecule has 1 aromatic heterocycles. The van der Waals surface area contributed by atoms with Crippen LogP contribution in [0, 0.1) is 17.2 Å². The van der Waals surface area contributed by atoms with Gasteiger partial charge in [0.25, 0.3) is 22.0 Å². The highest BCUT2D eigenvalue weighted by molar-refractivity contribution is 7.86. The van der Waals surface area contributed by atoms with Crippen molar-refractivity contribution in [1.82, 2.24) is 38.5 Å². The molecule has 4 fully saturated rings. The van der Waals surface area contributed by atoms with Crippen molar-refractivity contribution in [2.75, 3.05) is 76.9 Å². The van der Waals surface area contributed by atoms with Crippen LogP contribution in [0.3, 0.4) is 0 Å². The normalized spacial score (nSPS) is 21.7. The number of carbonyl (C=O) groups excluding carboxylic acids is 2. The minimum Gasteiger partial charge on any atom is -0.434 e. The minimum atomic E-state index is -3.58. The predicted octanol–water partition coefficient (Wildman–Crippen LogP) is 3.25. The summed E-state index contributed by atoms with van der Waals surface area (Å²) in [5.74, 6) is 0.263. The van der Waals surface area contributed by atoms with Crippen LogP contribution in [0.4, 0.5) is 10.2 Å². The zero-order valence-electron chi connectivity index (χ0n) is 30.8. The fourth-order valence-electron chi connectivity index (χ4n) is 8.32. The van der Waals surface area contributed by atoms with Gasteiger partial charge in [0.15, 0.2) is 5.82 Å². The Morgan fingerprint density at radius 1 is 1.04 bits per heavy atom. The Bertz CT molecular complexity index is 1720. The number of carbonyl (C=O) groups is 2. The van der Waals surface area contributed by atoms with Gasteiger partial charge in [-0.3, -0.25) is 9.59 Å². The van der Waals surface area contributed by atoms with E-state index in [1.807, 2.05) is 27.7 Å². The number of hydrogen-bond acceptors (Lipinski definition) is 10. The molecule has 0 unspecified atom stereocenters. The second kappa shape index (κ2) is 15.7. The van der Waals surface area contributed by atoms with Crippen LogP contribution in [0.5, 0.6) is 11.6 Å². The van der Waals surface area contributed by atoms with Crippen molar-refractivity contribution in [3.63, 3.8) is 0 Å². The van der Waals surface area contributed by atoms with E-state index in [0.717, 1.165) is 52.0 Å². The smallest absolute Gasteiger partial charge is 0.282 e. The lowest BCUT2D eigenvalue weighted by molar-refractivity contribution is -0.125. The molecule has 4 aliphatic heterocycles. The van der Waals surface area contributed by atoms with E-state index in [2.05, 4.69) is 31.6 Å². The first kappa shape index (κ1) is 38.0. The highest BCUT2D eigenvalue weighted by atomic mass is 32.2. The van der Waals surface area contributed by atoms with E-state index in [9.17, 15) is 22.4 Å². The maximum absolute atomic E-state index is 14.4. The van der Waals surface area contributed by atoms with Gasteiger partial charge < -0.3 is 24.3 Å². The van der Waals surface area contributed by atoms with Crippen molar-refractivity contribution in [1.29, 1.82) is 0 Å². The molecular formula is C36H52FN9O5S. The van der Waals surface area contributed by atoms with Crippen molar-refractivity contribution in [2.24, 2.45) is 11.3 Å². The topological polar surface area (TPSA) is 136 Å². The molecule has 4 aliphatic rings. The number of likely N-dealkylation sites (tertiary alicyclic amines) is 1. The molecule has 1 aromatic carbocycles. The first-order valence-corrected chi connectivity index (χ1v) is 19.8. The van der Waals surface area contributed by atoms with E-state index >= 15 is 0 Å². The molecule has 5 heterocycles. The Labute approximate surface area is 306 Å². The SMILES string of the molecule is C=CC(=O)N1CCCN(S(=O)(=O)N2CCC3(CC2)CN(C[C@@H]2CCN(c4ncnnc4Oc4ccc(F)cc4C(=O)N(C(C)C)C(C)C)C2)C3)CC1. The van der Waals surface area contributed by atoms with Crippen LogP contribution < -0.4 is 9.64 Å². The third-order valence-electron chi connectivity index (χ3n) is 10.9. The maximum atomic E-state index is 14.4. The number of hydrogen-bond donors (Lipinski definition) is 0. The maximum Gasteiger partial charge on any atom is 0.282 e. The number of benzene rings is 1. The first-order chi connectivity index (χ1) is 24.8. The predicted molar refractivity (Wildman–Crippen MR) is 195 cm³/mol. The van der Waals surface area contributed by atoms with Gasteiger partial charge in [0.2, 0.25) is 5.91 Å². The fourth-order valence-corrected chi connectivity index (χ4v) is 9.97. The Balaban J connectivity index is 1.02. The summed E-state index contributed by atoms with van der Waals surface area (Å²) in [6.45, 7) is 18.2. The number of rotatable bonds is 11. The summed E-state index contributed by atoms with van der Waals surface area (Å²) in [5, 5.41) is 8.17. The summed E-state index contributed by atoms with van der Waals surface area (Å²) < 4.78 is 50.8. The highest BCUT2D eigenvalue weighted by Gasteiger charge is 2.48. The van der Waals surface area contributed by atoms with E-state index in [1.54, 1.807) is 14.1 Å². The lowest BCUT2D eigenvalue weighted by atomic mass is 9.72. The Morgan fingerprint density at radius 2 is 1.75 bits per heavy atom. The molecule has 2 aromatic rings. The van der Waals surface area contributed by atoms with Gasteiger partial charge in [-0.1, -0.05) is 6.58 Å². The van der Waals surface area contributed by atoms with Gasteiger partial charge in [0.1, 0.15) is 17.9 Å². The molecule has 0 saturated carbocycles. The average molecular weight is 742 g/mol. The van der Waals surface area contributed by atoms with E-state index in [0.29, 0.717) is 57.4 Å². The zero-order valence-corrected chi connectivity index (χ0v) is 31.6. The molecule has 1 atom stereocenters. The number of nitrogens with zero attached hydrogens (tertiary/aromatic N) is 9. The average Bonchev–Trinajstić information content (AvgIpc) is 3.41. The lowest BCUT2D eigenvalue weighted by Gasteiger charge is -2.54. The van der Waals surface area contributed by atoms with Gasteiger partial charge in [0, 0.05) is 84.1 Å². The van der Waals surface area contributed by atoms with Gasteiger partial charge in [-0.2, -0.15) is 17.0 Å². The molecule has 2 amide bonds. The number of amides is 2. The van der Waals surface area contributed by atoms with Crippen molar-refractivity contribution >= 4 is 27.8 Å². The van der Waals surface area contributed by atoms with Crippen molar-refractivity contribution in [3.05, 3.63) is 48.6 Å². The van der Waals surface area contributed by atoms with Gasteiger partial charge in [-0.25, -0.2) is 9.37 Å². The lowest BCUT2D eigenvalue weighted by Crippen LogP contribution is -2.62. The molecule has 0 radical (unpaired) electrons. The molecule has 284 valence electrons. The molecule has 6 rings (SSSR count). The third kappa shape index (κ3) is 8.09. The van der Waals surface area contributed by atoms with E-state index < -0.39 is 16.0 Å². The number of piperidine rings is 1. The highest BCUT2D eigenvalue weighted by Crippen LogP contribution is 2.42. The molecule has 1 spiro atoms. The van der Waals surface area contributed by atoms with Crippen LogP contribution in [0.1, 0.15) is 63.7 Å². The van der Waals surface area contributed by atoms with Gasteiger partial charge in [-0.05, 0) is 89.0 Å². The van der Waals surface area contributed by atoms with Crippen molar-refractivity contribution in [3.8, 4) is 11.6 Å². The van der Waals surface area contributed by atoms with Crippen molar-refractivity contribution < 1.29 is 27.1 Å². The summed E-state index contributed by atoms with van der Waals surface area (Å²) in [6, 6.07) is 3.72. The largest absolute Gasteiger partial charge is 0.434 e. The fraction of sp³-hybridized carbons (Fsp3) is 0.639. The van der Waals surface area contributed by atoms with E-state index in [1.165, 1.54) is 34.9 Å². The molecule has 52 heavy (non-hydrogen) atoms. The summed E-state index contributed by atoms with van der Waals surface area (Å²) in [7, 11) is -3.58. The second-order valence-corrected chi connectivity index (χ2v) is 17.1. The van der Waals surface area contributed by atoms with Crippen LogP contribution in [0.2, 0.25) is 0 Å². The van der Waals surface area contributed by atoms with Crippen LogP contribution in [-0.4, -0.2) is 143 Å². The molecule has 16 heteroatoms. The Morgan fingerprint density at radius 3 is 2.44 bits per heavy atom. The second-order valence-electron chi connectivity index (χ2n) is 15.2. The molecule has 0 aliphatic carbocycles. The third-order valence-corrected chi connectivity index (χ3v) is 12.9. The summed E-state index contributed by atoms with van der Waals surface area (Å²) in [5.41, 5.74) is 0.252. The minimum absolute atomic E-state index is 0.0945. The molecule has 14 nitrogen and oxygen atoms in total. The Hall–Kier alpha value is -3.73. The molecule has 0 N–H and O–H groups in total. The first-order valence-electron chi connectivity index (χ1n) is 18.4. The summed E-state index contributed by atoms with van der Waals surface area (Å²) >= 11 is 0. The quantitative estimate of drug-likeness (QED) is 0.316. The zero-order chi connectivity index (χ0) is 37.2. The van der Waals surface area contributed by atoms with Crippen LogP contribution in [-0.2, 0) is 15.0 Å². The standard InChI is InChI=1S/C36H52FN9O5S/c1-6-32(47)42-13-7-14-44(19-18-42)52(49,50)45-16-11-36(12-17-45)23-41(24-36)21-28-10-15-43(22-28)33-34(40-39-25-38-33)51-31-9-8-29(37)20-30(31)35(48)46(26(2)3)27(4)5/h6,8-9,20,25-28H,1,7,10-19,21-24H2,2-5H3/t28-/m0/s1. The van der Waals surface area contributed by atoms with E-state index in [4.69, 9.17) is 4.74 Å². The van der Waals surface area contributed by atoms with Gasteiger partial charge in [0.05, 0.1) is 5.56 Å². The number of aromatic nitrogens is 3. The summed E-state index contributed by atoms with van der Waals surface area (Å²) in [4.78, 5) is 38.1. The van der Waals surface area contributed by atoms with Crippen LogP contribution in [0.25, 0.3) is 0 Å². The molecule has 4 saturated heterocycles. The van der Waals surface area contributed by atoms with E-state index in [-0.39, 0.29) is 46.5 Å². The molecular weight excluding hydrogens is 690 g/mol. The monoisotopic (exact) mass is 741 g/mol. The van der Waals surface area contributed by atoms with Gasteiger partial charge in [-0.15, -0.1) is 10.2 Å². The van der Waals surface area contributed by atoms with Crippen LogP contribution >= 0.6 is 0 Å². The molecule has 0 bridgehead atoms. The van der Waals surface area contributed by atoms with Crippen LogP contribution in [0.15, 0.2) is 37.2 Å². The van der Waals surface area contributed by atoms with Crippen molar-refractivity contribution in [2.45, 2.75) is 65.5 Å². The summed E-state index contributed by atoms with van der Waals surface area (Å²) in [6.07, 6.45) is 5.90. The number of ether oxygens (including phenoxy) is 1. The Kier molecular flexibility index (Phi) is 11.5. The number of anilines is 1. The van der Waals surface area contributed by atoms with Gasteiger partial charge >= 0.3 is 0 Å².